The summed E-state index contributed by atoms with van der Waals surface area (Å²) >= 11 is 8.73. The van der Waals surface area contributed by atoms with Crippen molar-refractivity contribution in [3.8, 4) is 61.8 Å². The van der Waals surface area contributed by atoms with Gasteiger partial charge in [-0.1, -0.05) is 97.3 Å². The molecular weight excluding hydrogens is 1510 g/mol. The van der Waals surface area contributed by atoms with Crippen molar-refractivity contribution < 1.29 is 84.3 Å². The molecule has 1 saturated heterocycles. The Morgan fingerprint density at radius 1 is 0.823 bits per heavy atom. The molecule has 0 aliphatic carbocycles. The third kappa shape index (κ3) is 23.9. The van der Waals surface area contributed by atoms with E-state index in [2.05, 4.69) is 53.5 Å². The van der Waals surface area contributed by atoms with Crippen LogP contribution in [0.25, 0.3) is 53.6 Å². The zero-order chi connectivity index (χ0) is 81.4. The van der Waals surface area contributed by atoms with Crippen LogP contribution in [0, 0.1) is 18.7 Å². The maximum Gasteiger partial charge on any atom is 0.430 e. The Morgan fingerprint density at radius 2 is 1.54 bits per heavy atom. The fourth-order valence-electron chi connectivity index (χ4n) is 12.4. The second-order valence-corrected chi connectivity index (χ2v) is 28.2. The number of anilines is 1. The molecular formula is C79H86ClF4N15O13S. The van der Waals surface area contributed by atoms with E-state index in [-0.39, 0.29) is 44.4 Å². The lowest BCUT2D eigenvalue weighted by atomic mass is 9.96. The number of nitrogens with two attached hydrogens (primary N) is 1. The van der Waals surface area contributed by atoms with E-state index in [1.54, 1.807) is 64.6 Å². The molecule has 6 aromatic carbocycles. The van der Waals surface area contributed by atoms with E-state index < -0.39 is 72.4 Å². The van der Waals surface area contributed by atoms with Gasteiger partial charge in [-0.25, -0.2) is 33.9 Å². The topological polar surface area (TPSA) is 371 Å². The number of carbonyl (C=O) groups excluding carboxylic acids is 6. The van der Waals surface area contributed by atoms with E-state index in [4.69, 9.17) is 76.1 Å². The summed E-state index contributed by atoms with van der Waals surface area (Å²) in [5.74, 6) is -3.42. The molecule has 0 saturated carbocycles. The number of quaternary nitrogens is 1. The normalized spacial score (nSPS) is 13.4. The highest BCUT2D eigenvalue weighted by molar-refractivity contribution is 7.22. The Labute approximate surface area is 657 Å². The third-order valence-electron chi connectivity index (χ3n) is 18.4. The average Bonchev–Trinajstić information content (AvgIpc) is 1.59. The zero-order valence-electron chi connectivity index (χ0n) is 63.0. The summed E-state index contributed by atoms with van der Waals surface area (Å²) in [4.78, 5) is 100. The number of likely N-dealkylation sites (N-methyl/N-ethyl adjacent to an activating group) is 1. The number of para-hydroxylation sites is 2. The van der Waals surface area contributed by atoms with Gasteiger partial charge in [0, 0.05) is 71.9 Å². The van der Waals surface area contributed by atoms with Crippen LogP contribution in [0.4, 0.5) is 28.0 Å². The zero-order valence-corrected chi connectivity index (χ0v) is 64.6. The number of fused-ring (bicyclic) bond motifs is 1. The molecule has 113 heavy (non-hydrogen) atoms. The van der Waals surface area contributed by atoms with Crippen LogP contribution in [0.3, 0.4) is 0 Å². The first-order valence-corrected chi connectivity index (χ1v) is 37.0. The first-order chi connectivity index (χ1) is 54.2. The fourth-order valence-corrected chi connectivity index (χ4v) is 13.8. The number of carboxylic acids is 1. The van der Waals surface area contributed by atoms with Gasteiger partial charge < -0.3 is 75.1 Å². The Hall–Kier alpha value is -11.7. The van der Waals surface area contributed by atoms with Crippen molar-refractivity contribution in [2.24, 2.45) is 16.8 Å². The van der Waals surface area contributed by atoms with E-state index in [1.165, 1.54) is 29.8 Å². The second kappa shape index (κ2) is 40.5. The minimum atomic E-state index is -5.19. The number of aromatic nitrogens is 4. The third-order valence-corrected chi connectivity index (χ3v) is 20.0. The number of rotatable bonds is 35. The Bertz CT molecular complexity index is 4860. The van der Waals surface area contributed by atoms with Gasteiger partial charge in [0.25, 0.3) is 0 Å². The van der Waals surface area contributed by atoms with Crippen molar-refractivity contribution in [3.63, 3.8) is 0 Å². The molecule has 1 fully saturated rings. The number of nitrogens with zero attached hydrogens (tertiary/aromatic N) is 9. The summed E-state index contributed by atoms with van der Waals surface area (Å²) in [6.45, 7) is 10.5. The lowest BCUT2D eigenvalue weighted by Crippen LogP contribution is -2.57. The number of thiophene rings is 1. The molecule has 1 aliphatic rings. The van der Waals surface area contributed by atoms with E-state index in [9.17, 15) is 41.5 Å². The summed E-state index contributed by atoms with van der Waals surface area (Å²) in [7, 11) is 7.26. The molecule has 4 heterocycles. The van der Waals surface area contributed by atoms with Crippen molar-refractivity contribution in [2.45, 2.75) is 90.7 Å². The Kier molecular flexibility index (Phi) is 30.5. The summed E-state index contributed by atoms with van der Waals surface area (Å²) in [6.07, 6.45) is -3.01. The number of halogens is 5. The number of ether oxygens (including phenoxy) is 6. The number of alkyl halides is 3. The maximum atomic E-state index is 14.7. The number of nitrogens with one attached hydrogen (secondary N) is 5. The van der Waals surface area contributed by atoms with Crippen LogP contribution < -0.4 is 61.1 Å². The van der Waals surface area contributed by atoms with Crippen molar-refractivity contribution in [2.75, 3.05) is 86.1 Å². The standard InChI is InChI=1S/C77H85ClFN15O11S.C2HF3O2/c1-47(2)69(91-65(95)42-87-92-81)73(97)90-60(15-12-31-84-77(80)99)72(96)89-55-25-22-52(53(39-55)41-82-4)43-94(5)36-33-93(34-37-94)35-38-102-63-29-28-58(48(3)68(63)78)66-67-74(85-46-86-75(67)106-70(66)50-20-23-54(79)24-21-50)105-64(76(98)104-44-49-18-26-57(100-6)27-19-49)40-51-13-8-10-16-61(51)103-45-56-30-32-83-71(88-56)59-14-9-11-17-62(59)101-7;3-2(4,5)1(6)7/h8-11,13-14,16-30,32,39,46-47,60,64,69,82H,12,15,31,33-38,40-45H2,1-7H3,(H5-,80,84,89,90,91,95,96,97,99);(H,6,7)/t60-,64+,69-;/m0./s1. The second-order valence-electron chi connectivity index (χ2n) is 26.8. The number of methoxy groups -OCH3 is 2. The first-order valence-electron chi connectivity index (χ1n) is 35.8. The summed E-state index contributed by atoms with van der Waals surface area (Å²) in [5, 5.41) is 27.0. The summed E-state index contributed by atoms with van der Waals surface area (Å²) in [5.41, 5.74) is 22.0. The molecule has 0 spiro atoms. The largest absolute Gasteiger partial charge is 0.542 e. The maximum absolute atomic E-state index is 14.7. The molecule has 10 rings (SSSR count). The van der Waals surface area contributed by atoms with Crippen LogP contribution in [0.1, 0.15) is 60.2 Å². The van der Waals surface area contributed by atoms with E-state index in [0.717, 1.165) is 64.3 Å². The number of carbonyl (C=O) groups is 6. The highest BCUT2D eigenvalue weighted by atomic mass is 35.5. The van der Waals surface area contributed by atoms with Crippen LogP contribution in [-0.4, -0.2) is 170 Å². The van der Waals surface area contributed by atoms with Gasteiger partial charge in [-0.05, 0) is 138 Å². The number of piperazine rings is 1. The molecule has 34 heteroatoms. The van der Waals surface area contributed by atoms with E-state index >= 15 is 0 Å². The number of hydrogen-bond acceptors (Lipinski definition) is 21. The molecule has 3 atom stereocenters. The fraction of sp³-hybridized carbons (Fsp3) is 0.342. The van der Waals surface area contributed by atoms with Crippen molar-refractivity contribution in [1.29, 1.82) is 0 Å². The van der Waals surface area contributed by atoms with Crippen molar-refractivity contribution >= 4 is 74.5 Å². The lowest BCUT2D eigenvalue weighted by molar-refractivity contribution is -0.926. The quantitative estimate of drug-likeness (QED) is 0.00409. The van der Waals surface area contributed by atoms with Gasteiger partial charge in [-0.3, -0.25) is 19.3 Å². The first kappa shape index (κ1) is 85.3. The molecule has 1 aliphatic heterocycles. The van der Waals surface area contributed by atoms with Gasteiger partial charge in [0.05, 0.1) is 56.0 Å². The molecule has 28 nitrogen and oxygen atoms in total. The van der Waals surface area contributed by atoms with E-state index in [0.29, 0.717) is 109 Å². The predicted octanol–water partition coefficient (Wildman–Crippen LogP) is 10.6. The number of primary amides is 1. The van der Waals surface area contributed by atoms with Gasteiger partial charge in [0.1, 0.15) is 90.9 Å². The Balaban J connectivity index is 0.00000199. The number of benzene rings is 6. The number of hydrogen-bond donors (Lipinski definition) is 6. The van der Waals surface area contributed by atoms with Gasteiger partial charge in [-0.15, -0.1) is 11.3 Å². The molecule has 7 N–H and O–H groups in total. The van der Waals surface area contributed by atoms with Crippen LogP contribution in [0.2, 0.25) is 5.02 Å². The van der Waals surface area contributed by atoms with Gasteiger partial charge in [-0.2, -0.15) is 13.2 Å². The van der Waals surface area contributed by atoms with Crippen molar-refractivity contribution in [3.05, 3.63) is 201 Å². The summed E-state index contributed by atoms with van der Waals surface area (Å²) < 4.78 is 83.9. The number of carboxylic acid groups (broad SMARTS) is 1. The molecule has 5 amide bonds. The van der Waals surface area contributed by atoms with Crippen LogP contribution >= 0.6 is 22.9 Å². The minimum absolute atomic E-state index is 0.0133. The van der Waals surface area contributed by atoms with Crippen LogP contribution in [0.5, 0.6) is 28.9 Å². The Morgan fingerprint density at radius 3 is 2.22 bits per heavy atom. The van der Waals surface area contributed by atoms with Crippen molar-refractivity contribution in [1.82, 2.24) is 46.1 Å². The van der Waals surface area contributed by atoms with E-state index in [1.807, 2.05) is 105 Å². The molecule has 596 valence electrons. The highest BCUT2D eigenvalue weighted by Crippen LogP contribution is 2.50. The number of urea groups is 1. The molecule has 3 aromatic heterocycles. The molecule has 0 unspecified atom stereocenters. The average molecular weight is 1600 g/mol. The summed E-state index contributed by atoms with van der Waals surface area (Å²) in [6, 6.07) is 36.7. The van der Waals surface area contributed by atoms with Gasteiger partial charge in [0.15, 0.2) is 5.82 Å². The number of azide groups is 1. The molecule has 9 aromatic rings. The SMILES string of the molecule is CNCc1cc(NC(=O)[C@H](CCCNC(N)=O)NC(=O)[C@@H](NC(=O)CN=[N+]=[N-])C(C)C)ccc1C[N+]1(C)CCN(CCOc2ccc(-c3c(-c4ccc(F)cc4)sc4ncnc(O[C@H](Cc5ccccc5OCc5ccnc(-c6ccccc6OC)n5)C(=O)OCc5ccc(OC)cc5)c34)c(C)c2Cl)CC1.O=C([O-])C(F)(F)F. The number of aliphatic carboxylic acids is 1. The predicted molar refractivity (Wildman–Crippen MR) is 414 cm³/mol. The van der Waals surface area contributed by atoms with Gasteiger partial charge in [0.2, 0.25) is 29.7 Å². The number of esters is 1. The van der Waals surface area contributed by atoms with Crippen LogP contribution in [-0.2, 0) is 61.4 Å². The van der Waals surface area contributed by atoms with Gasteiger partial charge >= 0.3 is 18.2 Å². The molecule has 0 bridgehead atoms. The van der Waals surface area contributed by atoms with Crippen LogP contribution in [0.15, 0.2) is 151 Å². The highest BCUT2D eigenvalue weighted by Gasteiger charge is 2.34. The lowest BCUT2D eigenvalue weighted by Gasteiger charge is -2.42. The monoisotopic (exact) mass is 1600 g/mol. The number of amides is 5. The minimum Gasteiger partial charge on any atom is -0.542 e. The smallest absolute Gasteiger partial charge is 0.430 e. The molecule has 0 radical (unpaired) electrons.